The van der Waals surface area contributed by atoms with Crippen LogP contribution in [-0.4, -0.2) is 59.6 Å². The Kier molecular flexibility index (Phi) is 4.71. The van der Waals surface area contributed by atoms with Crippen LogP contribution in [0, 0.1) is 6.92 Å². The van der Waals surface area contributed by atoms with Crippen LogP contribution in [-0.2, 0) is 4.74 Å². The van der Waals surface area contributed by atoms with E-state index in [-0.39, 0.29) is 12.0 Å². The zero-order chi connectivity index (χ0) is 17.1. The number of rotatable bonds is 3. The molecule has 3 heterocycles. The highest BCUT2D eigenvalue weighted by atomic mass is 16.5. The van der Waals surface area contributed by atoms with Crippen molar-refractivity contribution in [3.8, 4) is 0 Å². The largest absolute Gasteiger partial charge is 0.378 e. The monoisotopic (exact) mass is 327 g/mol. The highest BCUT2D eigenvalue weighted by Crippen LogP contribution is 2.25. The van der Waals surface area contributed by atoms with E-state index in [2.05, 4.69) is 15.0 Å². The second kappa shape index (κ2) is 6.92. The first-order valence-electron chi connectivity index (χ1n) is 7.87. The molecule has 0 aliphatic carbocycles. The molecular weight excluding hydrogens is 306 g/mol. The Morgan fingerprint density at radius 2 is 2.17 bits per heavy atom. The first-order valence-corrected chi connectivity index (χ1v) is 7.87. The molecule has 0 aromatic carbocycles. The van der Waals surface area contributed by atoms with E-state index in [1.54, 1.807) is 11.1 Å². The Labute approximate surface area is 141 Å². The van der Waals surface area contributed by atoms with E-state index >= 15 is 0 Å². The molecule has 1 amide bonds. The molecule has 1 fully saturated rings. The smallest absolute Gasteiger partial charge is 0.274 e. The number of hydrogen-bond acceptors (Lipinski definition) is 6. The average Bonchev–Trinajstić information content (AvgIpc) is 2.61. The number of morpholine rings is 1. The van der Waals surface area contributed by atoms with Crippen LogP contribution in [0.25, 0.3) is 0 Å². The van der Waals surface area contributed by atoms with Crippen molar-refractivity contribution in [3.05, 3.63) is 47.8 Å². The van der Waals surface area contributed by atoms with E-state index in [1.807, 2.05) is 38.1 Å². The minimum Gasteiger partial charge on any atom is -0.378 e. The summed E-state index contributed by atoms with van der Waals surface area (Å²) in [4.78, 5) is 29.0. The Morgan fingerprint density at radius 1 is 1.33 bits per heavy atom. The molecule has 0 radical (unpaired) electrons. The van der Waals surface area contributed by atoms with E-state index in [4.69, 9.17) is 4.74 Å². The lowest BCUT2D eigenvalue weighted by Gasteiger charge is -2.32. The van der Waals surface area contributed by atoms with Crippen molar-refractivity contribution in [3.63, 3.8) is 0 Å². The van der Waals surface area contributed by atoms with Crippen LogP contribution >= 0.6 is 0 Å². The maximum Gasteiger partial charge on any atom is 0.274 e. The van der Waals surface area contributed by atoms with Crippen molar-refractivity contribution in [2.75, 3.05) is 38.7 Å². The molecular formula is C17H21N5O2. The maximum atomic E-state index is 12.6. The van der Waals surface area contributed by atoms with Crippen LogP contribution in [0.4, 0.5) is 5.69 Å². The first kappa shape index (κ1) is 16.3. The second-order valence-corrected chi connectivity index (χ2v) is 5.99. The Bertz CT molecular complexity index is 720. The normalized spacial score (nSPS) is 17.6. The highest BCUT2D eigenvalue weighted by molar-refractivity contribution is 5.92. The van der Waals surface area contributed by atoms with Gasteiger partial charge in [-0.2, -0.15) is 0 Å². The van der Waals surface area contributed by atoms with Gasteiger partial charge < -0.3 is 14.5 Å². The van der Waals surface area contributed by atoms with Gasteiger partial charge >= 0.3 is 0 Å². The number of amides is 1. The predicted molar refractivity (Wildman–Crippen MR) is 89.9 cm³/mol. The summed E-state index contributed by atoms with van der Waals surface area (Å²) in [5, 5.41) is 0. The van der Waals surface area contributed by atoms with Crippen LogP contribution in [0.1, 0.15) is 28.0 Å². The molecule has 3 rings (SSSR count). The number of hydrogen-bond donors (Lipinski definition) is 0. The van der Waals surface area contributed by atoms with Gasteiger partial charge in [-0.15, -0.1) is 0 Å². The number of ether oxygens (including phenoxy) is 1. The van der Waals surface area contributed by atoms with Crippen molar-refractivity contribution >= 4 is 11.6 Å². The Balaban J connectivity index is 1.80. The number of carbonyl (C=O) groups excluding carboxylic acids is 1. The van der Waals surface area contributed by atoms with Gasteiger partial charge in [0.1, 0.15) is 11.8 Å². The van der Waals surface area contributed by atoms with Crippen LogP contribution in [0.3, 0.4) is 0 Å². The molecule has 7 nitrogen and oxygen atoms in total. The molecule has 1 unspecified atom stereocenters. The summed E-state index contributed by atoms with van der Waals surface area (Å²) in [5.41, 5.74) is 3.19. The number of aryl methyl sites for hydroxylation is 1. The van der Waals surface area contributed by atoms with E-state index in [9.17, 15) is 4.79 Å². The van der Waals surface area contributed by atoms with Gasteiger partial charge in [0.2, 0.25) is 0 Å². The number of pyridine rings is 1. The van der Waals surface area contributed by atoms with Crippen molar-refractivity contribution in [1.82, 2.24) is 19.9 Å². The molecule has 24 heavy (non-hydrogen) atoms. The molecule has 2 aromatic rings. The topological polar surface area (TPSA) is 71.5 Å². The van der Waals surface area contributed by atoms with Crippen molar-refractivity contribution < 1.29 is 9.53 Å². The van der Waals surface area contributed by atoms with Crippen molar-refractivity contribution in [2.45, 2.75) is 13.0 Å². The highest BCUT2D eigenvalue weighted by Gasteiger charge is 2.28. The van der Waals surface area contributed by atoms with Gasteiger partial charge in [0.05, 0.1) is 25.0 Å². The molecule has 1 atom stereocenters. The van der Waals surface area contributed by atoms with Crippen LogP contribution in [0.2, 0.25) is 0 Å². The van der Waals surface area contributed by atoms with E-state index in [1.165, 1.54) is 12.4 Å². The molecule has 0 spiro atoms. The quantitative estimate of drug-likeness (QED) is 0.850. The standard InChI is InChI=1S/C17H21N5O2/c1-12-8-13(21(2)3)9-14(20-12)16-11-22(6-7-24-16)17(23)15-10-18-4-5-19-15/h4-5,8-10,16H,6-7,11H2,1-3H3. The fourth-order valence-electron chi connectivity index (χ4n) is 2.68. The zero-order valence-corrected chi connectivity index (χ0v) is 14.1. The predicted octanol–water partition coefficient (Wildman–Crippen LogP) is 1.46. The van der Waals surface area contributed by atoms with Gasteiger partial charge in [0.15, 0.2) is 0 Å². The zero-order valence-electron chi connectivity index (χ0n) is 14.1. The molecule has 1 saturated heterocycles. The summed E-state index contributed by atoms with van der Waals surface area (Å²) < 4.78 is 5.86. The fourth-order valence-corrected chi connectivity index (χ4v) is 2.68. The van der Waals surface area contributed by atoms with Crippen LogP contribution < -0.4 is 4.90 Å². The number of aromatic nitrogens is 3. The van der Waals surface area contributed by atoms with Gasteiger partial charge in [0, 0.05) is 44.4 Å². The molecule has 1 aliphatic rings. The lowest BCUT2D eigenvalue weighted by molar-refractivity contribution is -0.0249. The van der Waals surface area contributed by atoms with E-state index in [0.29, 0.717) is 25.4 Å². The van der Waals surface area contributed by atoms with Gasteiger partial charge in [-0.3, -0.25) is 14.8 Å². The SMILES string of the molecule is Cc1cc(N(C)C)cc(C2CN(C(=O)c3cnccn3)CCO2)n1. The van der Waals surface area contributed by atoms with Gasteiger partial charge in [-0.25, -0.2) is 4.98 Å². The number of nitrogens with zero attached hydrogens (tertiary/aromatic N) is 5. The Morgan fingerprint density at radius 3 is 2.88 bits per heavy atom. The third-order valence-corrected chi connectivity index (χ3v) is 3.94. The third-order valence-electron chi connectivity index (χ3n) is 3.94. The second-order valence-electron chi connectivity index (χ2n) is 5.99. The minimum absolute atomic E-state index is 0.128. The first-order chi connectivity index (χ1) is 11.5. The molecule has 0 N–H and O–H groups in total. The van der Waals surface area contributed by atoms with Gasteiger partial charge in [0.25, 0.3) is 5.91 Å². The lowest BCUT2D eigenvalue weighted by Crippen LogP contribution is -2.42. The summed E-state index contributed by atoms with van der Waals surface area (Å²) in [6, 6.07) is 4.03. The summed E-state index contributed by atoms with van der Waals surface area (Å²) in [6.45, 7) is 3.43. The molecule has 0 bridgehead atoms. The summed E-state index contributed by atoms with van der Waals surface area (Å²) in [7, 11) is 3.98. The fraction of sp³-hybridized carbons (Fsp3) is 0.412. The van der Waals surface area contributed by atoms with Gasteiger partial charge in [-0.1, -0.05) is 0 Å². The summed E-state index contributed by atoms with van der Waals surface area (Å²) >= 11 is 0. The summed E-state index contributed by atoms with van der Waals surface area (Å²) in [5.74, 6) is -0.128. The van der Waals surface area contributed by atoms with E-state index < -0.39 is 0 Å². The molecule has 0 saturated carbocycles. The number of anilines is 1. The summed E-state index contributed by atoms with van der Waals surface area (Å²) in [6.07, 6.45) is 4.33. The average molecular weight is 327 g/mol. The van der Waals surface area contributed by atoms with Crippen molar-refractivity contribution in [1.29, 1.82) is 0 Å². The van der Waals surface area contributed by atoms with Crippen LogP contribution in [0.5, 0.6) is 0 Å². The molecule has 7 heteroatoms. The van der Waals surface area contributed by atoms with Crippen molar-refractivity contribution in [2.24, 2.45) is 0 Å². The molecule has 2 aromatic heterocycles. The van der Waals surface area contributed by atoms with Gasteiger partial charge in [-0.05, 0) is 19.1 Å². The van der Waals surface area contributed by atoms with Crippen LogP contribution in [0.15, 0.2) is 30.7 Å². The molecule has 126 valence electrons. The Hall–Kier alpha value is -2.54. The minimum atomic E-state index is -0.238. The maximum absolute atomic E-state index is 12.6. The number of carbonyl (C=O) groups is 1. The lowest BCUT2D eigenvalue weighted by atomic mass is 10.1. The van der Waals surface area contributed by atoms with E-state index in [0.717, 1.165) is 17.1 Å². The molecule has 1 aliphatic heterocycles. The third kappa shape index (κ3) is 3.51.